The first-order chi connectivity index (χ1) is 14.5. The first kappa shape index (κ1) is 20.6. The van der Waals surface area contributed by atoms with Gasteiger partial charge in [0.2, 0.25) is 5.91 Å². The lowest BCUT2D eigenvalue weighted by Crippen LogP contribution is -2.41. The Kier molecular flexibility index (Phi) is 6.18. The van der Waals surface area contributed by atoms with Crippen molar-refractivity contribution in [3.05, 3.63) is 58.5 Å². The Hall–Kier alpha value is -2.67. The normalized spacial score (nSPS) is 19.0. The Morgan fingerprint density at radius 3 is 2.80 bits per heavy atom. The number of thioether (sulfide) groups is 1. The highest BCUT2D eigenvalue weighted by molar-refractivity contribution is 7.99. The maximum absolute atomic E-state index is 13.3. The highest BCUT2D eigenvalue weighted by Gasteiger charge is 2.23. The van der Waals surface area contributed by atoms with Gasteiger partial charge in [0.25, 0.3) is 5.56 Å². The number of rotatable bonds is 5. The quantitative estimate of drug-likeness (QED) is 0.499. The van der Waals surface area contributed by atoms with E-state index in [1.54, 1.807) is 12.3 Å². The fourth-order valence-electron chi connectivity index (χ4n) is 4.02. The number of nitrogens with zero attached hydrogens (tertiary/aromatic N) is 3. The smallest absolute Gasteiger partial charge is 0.267 e. The van der Waals surface area contributed by atoms with Gasteiger partial charge in [-0.15, -0.1) is 0 Å². The molecule has 2 heterocycles. The Bertz CT molecular complexity index is 1130. The summed E-state index contributed by atoms with van der Waals surface area (Å²) < 4.78 is 1.53. The van der Waals surface area contributed by atoms with E-state index in [0.717, 1.165) is 24.8 Å². The van der Waals surface area contributed by atoms with Crippen LogP contribution in [-0.4, -0.2) is 32.2 Å². The fraction of sp³-hybridized carbons (Fsp3) is 0.391. The number of nitrogens with one attached hydrogen (secondary N) is 1. The summed E-state index contributed by atoms with van der Waals surface area (Å²) in [5.41, 5.74) is 1.32. The zero-order valence-corrected chi connectivity index (χ0v) is 18.1. The van der Waals surface area contributed by atoms with Gasteiger partial charge in [-0.3, -0.25) is 9.59 Å². The molecule has 1 aromatic carbocycles. The third kappa shape index (κ3) is 4.26. The number of pyridine rings is 1. The largest absolute Gasteiger partial charge is 0.352 e. The maximum atomic E-state index is 13.3. The van der Waals surface area contributed by atoms with E-state index in [1.165, 1.54) is 22.7 Å². The van der Waals surface area contributed by atoms with Crippen molar-refractivity contribution in [1.29, 1.82) is 0 Å². The molecule has 0 bridgehead atoms. The van der Waals surface area contributed by atoms with Gasteiger partial charge in [0.1, 0.15) is 5.82 Å². The van der Waals surface area contributed by atoms with Gasteiger partial charge < -0.3 is 5.32 Å². The minimum Gasteiger partial charge on any atom is -0.352 e. The van der Waals surface area contributed by atoms with E-state index in [2.05, 4.69) is 17.2 Å². The van der Waals surface area contributed by atoms with E-state index in [1.807, 2.05) is 37.3 Å². The number of carbonyl (C=O) groups is 1. The molecule has 1 fully saturated rings. The molecule has 1 saturated carbocycles. The van der Waals surface area contributed by atoms with Gasteiger partial charge in [0, 0.05) is 12.2 Å². The molecule has 7 heteroatoms. The third-order valence-electron chi connectivity index (χ3n) is 5.73. The first-order valence-electron chi connectivity index (χ1n) is 10.4. The SMILES string of the molecule is Cc1cccnc1-n1c(SCC(=O)N[C@@H]2CCCC[C@H]2C)nc2ccccc2c1=O. The molecule has 156 valence electrons. The van der Waals surface area contributed by atoms with Gasteiger partial charge >= 0.3 is 0 Å². The summed E-state index contributed by atoms with van der Waals surface area (Å²) in [5.74, 6) is 1.23. The van der Waals surface area contributed by atoms with Gasteiger partial charge in [-0.1, -0.05) is 49.7 Å². The number of hydrogen-bond acceptors (Lipinski definition) is 5. The molecule has 0 saturated heterocycles. The maximum Gasteiger partial charge on any atom is 0.267 e. The Morgan fingerprint density at radius 1 is 1.20 bits per heavy atom. The average Bonchev–Trinajstić information content (AvgIpc) is 2.75. The Labute approximate surface area is 180 Å². The van der Waals surface area contributed by atoms with Crippen LogP contribution in [-0.2, 0) is 4.79 Å². The fourth-order valence-corrected chi connectivity index (χ4v) is 4.82. The zero-order valence-electron chi connectivity index (χ0n) is 17.3. The molecular formula is C23H26N4O2S. The number of hydrogen-bond donors (Lipinski definition) is 1. The summed E-state index contributed by atoms with van der Waals surface area (Å²) in [7, 11) is 0. The highest BCUT2D eigenvalue weighted by Crippen LogP contribution is 2.25. The van der Waals surface area contributed by atoms with E-state index in [-0.39, 0.29) is 23.3 Å². The molecule has 30 heavy (non-hydrogen) atoms. The number of carbonyl (C=O) groups excluding carboxylic acids is 1. The summed E-state index contributed by atoms with van der Waals surface area (Å²) in [4.78, 5) is 35.0. The molecule has 1 aliphatic rings. The topological polar surface area (TPSA) is 76.9 Å². The Balaban J connectivity index is 1.64. The molecule has 0 aliphatic heterocycles. The van der Waals surface area contributed by atoms with Crippen LogP contribution < -0.4 is 10.9 Å². The van der Waals surface area contributed by atoms with Crippen LogP contribution in [0.2, 0.25) is 0 Å². The summed E-state index contributed by atoms with van der Waals surface area (Å²) in [5, 5.41) is 4.18. The first-order valence-corrected chi connectivity index (χ1v) is 11.4. The third-order valence-corrected chi connectivity index (χ3v) is 6.67. The van der Waals surface area contributed by atoms with Gasteiger partial charge in [-0.05, 0) is 49.4 Å². The summed E-state index contributed by atoms with van der Waals surface area (Å²) >= 11 is 1.28. The number of para-hydroxylation sites is 1. The molecular weight excluding hydrogens is 396 g/mol. The van der Waals surface area contributed by atoms with Crippen LogP contribution in [0.3, 0.4) is 0 Å². The second kappa shape index (κ2) is 9.00. The summed E-state index contributed by atoms with van der Waals surface area (Å²) in [6.45, 7) is 4.11. The van der Waals surface area contributed by atoms with Crippen LogP contribution in [0.5, 0.6) is 0 Å². The monoisotopic (exact) mass is 422 g/mol. The molecule has 1 amide bonds. The Morgan fingerprint density at radius 2 is 2.00 bits per heavy atom. The number of aryl methyl sites for hydroxylation is 1. The van der Waals surface area contributed by atoms with E-state index in [4.69, 9.17) is 4.98 Å². The van der Waals surface area contributed by atoms with Crippen LogP contribution in [0.15, 0.2) is 52.5 Å². The van der Waals surface area contributed by atoms with Crippen LogP contribution in [0.1, 0.15) is 38.2 Å². The standard InChI is InChI=1S/C23H26N4O2S/c1-15-8-3-5-11-18(15)25-20(28)14-30-23-26-19-12-6-4-10-17(19)22(29)27(23)21-16(2)9-7-13-24-21/h4,6-7,9-10,12-13,15,18H,3,5,8,11,14H2,1-2H3,(H,25,28)/t15-,18-/m1/s1. The lowest BCUT2D eigenvalue weighted by molar-refractivity contribution is -0.119. The highest BCUT2D eigenvalue weighted by atomic mass is 32.2. The van der Waals surface area contributed by atoms with Crippen LogP contribution >= 0.6 is 11.8 Å². The van der Waals surface area contributed by atoms with Crippen LogP contribution in [0, 0.1) is 12.8 Å². The molecule has 1 aliphatic carbocycles. The van der Waals surface area contributed by atoms with Gasteiger partial charge in [-0.2, -0.15) is 0 Å². The van der Waals surface area contributed by atoms with Gasteiger partial charge in [0.15, 0.2) is 5.16 Å². The lowest BCUT2D eigenvalue weighted by atomic mass is 9.86. The van der Waals surface area contributed by atoms with Crippen molar-refractivity contribution in [3.8, 4) is 5.82 Å². The van der Waals surface area contributed by atoms with Crippen molar-refractivity contribution in [2.45, 2.75) is 50.7 Å². The molecule has 0 unspecified atom stereocenters. The van der Waals surface area contributed by atoms with Crippen molar-refractivity contribution in [2.75, 3.05) is 5.75 Å². The van der Waals surface area contributed by atoms with E-state index in [0.29, 0.717) is 27.8 Å². The molecule has 2 aromatic heterocycles. The molecule has 3 aromatic rings. The predicted molar refractivity (Wildman–Crippen MR) is 120 cm³/mol. The molecule has 4 rings (SSSR count). The zero-order chi connectivity index (χ0) is 21.1. The van der Waals surface area contributed by atoms with E-state index >= 15 is 0 Å². The average molecular weight is 423 g/mol. The summed E-state index contributed by atoms with van der Waals surface area (Å²) in [6.07, 6.45) is 6.24. The second-order valence-corrected chi connectivity index (χ2v) is 8.86. The van der Waals surface area contributed by atoms with Crippen molar-refractivity contribution in [2.24, 2.45) is 5.92 Å². The van der Waals surface area contributed by atoms with Crippen molar-refractivity contribution < 1.29 is 4.79 Å². The molecule has 2 atom stereocenters. The molecule has 6 nitrogen and oxygen atoms in total. The van der Waals surface area contributed by atoms with E-state index < -0.39 is 0 Å². The van der Waals surface area contributed by atoms with Crippen LogP contribution in [0.25, 0.3) is 16.7 Å². The minimum atomic E-state index is -0.175. The van der Waals surface area contributed by atoms with E-state index in [9.17, 15) is 9.59 Å². The number of aromatic nitrogens is 3. The van der Waals surface area contributed by atoms with Gasteiger partial charge in [0.05, 0.1) is 16.7 Å². The number of benzene rings is 1. The predicted octanol–water partition coefficient (Wildman–Crippen LogP) is 3.88. The van der Waals surface area contributed by atoms with Crippen molar-refractivity contribution in [1.82, 2.24) is 19.9 Å². The van der Waals surface area contributed by atoms with Crippen molar-refractivity contribution in [3.63, 3.8) is 0 Å². The summed E-state index contributed by atoms with van der Waals surface area (Å²) in [6, 6.07) is 11.3. The van der Waals surface area contributed by atoms with Crippen LogP contribution in [0.4, 0.5) is 0 Å². The molecule has 0 spiro atoms. The molecule has 1 N–H and O–H groups in total. The van der Waals surface area contributed by atoms with Gasteiger partial charge in [-0.25, -0.2) is 14.5 Å². The minimum absolute atomic E-state index is 0.0227. The number of amides is 1. The lowest BCUT2D eigenvalue weighted by Gasteiger charge is -2.29. The second-order valence-electron chi connectivity index (χ2n) is 7.92. The number of fused-ring (bicyclic) bond motifs is 1. The van der Waals surface area contributed by atoms with Crippen molar-refractivity contribution >= 4 is 28.6 Å². The molecule has 0 radical (unpaired) electrons.